The highest BCUT2D eigenvalue weighted by molar-refractivity contribution is 7.90. The van der Waals surface area contributed by atoms with Crippen LogP contribution in [0.4, 0.5) is 0 Å². The summed E-state index contributed by atoms with van der Waals surface area (Å²) >= 11 is 5.88. The molecule has 21 heavy (non-hydrogen) atoms. The van der Waals surface area contributed by atoms with Crippen molar-refractivity contribution in [2.45, 2.75) is 18.7 Å². The maximum atomic E-state index is 11.5. The Morgan fingerprint density at radius 3 is 2.48 bits per heavy atom. The Morgan fingerprint density at radius 1 is 1.43 bits per heavy atom. The van der Waals surface area contributed by atoms with Crippen LogP contribution in [0.1, 0.15) is 19.4 Å². The van der Waals surface area contributed by atoms with Gasteiger partial charge in [0.25, 0.3) is 0 Å². The number of benzene rings is 1. The molecule has 0 unspecified atom stereocenters. The minimum atomic E-state index is -3.47. The van der Waals surface area contributed by atoms with E-state index < -0.39 is 15.8 Å². The molecule has 0 fully saturated rings. The molecule has 116 valence electrons. The second kappa shape index (κ2) is 6.91. The summed E-state index contributed by atoms with van der Waals surface area (Å²) in [5.41, 5.74) is -0.166. The quantitative estimate of drug-likeness (QED) is 0.636. The monoisotopic (exact) mass is 333 g/mol. The van der Waals surface area contributed by atoms with Crippen LogP contribution in [-0.2, 0) is 19.5 Å². The molecule has 6 nitrogen and oxygen atoms in total. The van der Waals surface area contributed by atoms with E-state index in [0.29, 0.717) is 0 Å². The second-order valence-corrected chi connectivity index (χ2v) is 7.24. The molecule has 1 N–H and O–H groups in total. The molecule has 0 aromatic heterocycles. The SMILES string of the molecule is CC(C)CO/N=C(\C(=O)O)c1ccc(S(C)(=O)=O)c(Cl)c1. The topological polar surface area (TPSA) is 93.0 Å². The van der Waals surface area contributed by atoms with Gasteiger partial charge in [-0.25, -0.2) is 13.2 Å². The number of carbonyl (C=O) groups is 1. The Balaban J connectivity index is 3.17. The third-order valence-corrected chi connectivity index (χ3v) is 3.95. The molecule has 0 saturated carbocycles. The van der Waals surface area contributed by atoms with Crippen LogP contribution in [0.25, 0.3) is 0 Å². The Morgan fingerprint density at radius 2 is 2.05 bits per heavy atom. The van der Waals surface area contributed by atoms with Gasteiger partial charge in [-0.15, -0.1) is 0 Å². The van der Waals surface area contributed by atoms with Gasteiger partial charge >= 0.3 is 5.97 Å². The minimum absolute atomic E-state index is 0.0622. The van der Waals surface area contributed by atoms with Crippen molar-refractivity contribution in [3.8, 4) is 0 Å². The van der Waals surface area contributed by atoms with Crippen molar-refractivity contribution in [1.29, 1.82) is 0 Å². The average molecular weight is 334 g/mol. The van der Waals surface area contributed by atoms with Crippen LogP contribution >= 0.6 is 11.6 Å². The van der Waals surface area contributed by atoms with Crippen LogP contribution in [0.5, 0.6) is 0 Å². The maximum Gasteiger partial charge on any atom is 0.358 e. The lowest BCUT2D eigenvalue weighted by molar-refractivity contribution is -0.129. The number of nitrogens with zero attached hydrogens (tertiary/aromatic N) is 1. The van der Waals surface area contributed by atoms with Gasteiger partial charge in [-0.2, -0.15) is 0 Å². The third kappa shape index (κ3) is 5.02. The van der Waals surface area contributed by atoms with Gasteiger partial charge in [0.1, 0.15) is 6.61 Å². The molecule has 0 bridgehead atoms. The molecule has 0 aliphatic carbocycles. The fourth-order valence-electron chi connectivity index (χ4n) is 1.41. The van der Waals surface area contributed by atoms with Crippen LogP contribution < -0.4 is 0 Å². The minimum Gasteiger partial charge on any atom is -0.476 e. The average Bonchev–Trinajstić information content (AvgIpc) is 2.32. The highest BCUT2D eigenvalue weighted by Gasteiger charge is 2.18. The Bertz CT molecular complexity index is 667. The normalized spacial score (nSPS) is 12.5. The molecule has 0 aliphatic heterocycles. The van der Waals surface area contributed by atoms with Gasteiger partial charge in [0, 0.05) is 11.8 Å². The van der Waals surface area contributed by atoms with Crippen LogP contribution in [0, 0.1) is 5.92 Å². The summed E-state index contributed by atoms with van der Waals surface area (Å²) in [6, 6.07) is 3.81. The van der Waals surface area contributed by atoms with E-state index in [2.05, 4.69) is 5.16 Å². The first-order chi connectivity index (χ1) is 9.62. The number of aliphatic carboxylic acids is 1. The van der Waals surface area contributed by atoms with Crippen molar-refractivity contribution < 1.29 is 23.2 Å². The molecular formula is C13H16ClNO5S. The number of oxime groups is 1. The van der Waals surface area contributed by atoms with E-state index in [1.165, 1.54) is 18.2 Å². The molecule has 0 spiro atoms. The first kappa shape index (κ1) is 17.5. The van der Waals surface area contributed by atoms with E-state index in [-0.39, 0.29) is 33.7 Å². The molecule has 0 aliphatic rings. The van der Waals surface area contributed by atoms with Gasteiger partial charge < -0.3 is 9.94 Å². The second-order valence-electron chi connectivity index (χ2n) is 4.85. The summed E-state index contributed by atoms with van der Waals surface area (Å²) in [5, 5.41) is 12.7. The van der Waals surface area contributed by atoms with Crippen molar-refractivity contribution in [2.75, 3.05) is 12.9 Å². The summed E-state index contributed by atoms with van der Waals surface area (Å²) in [6.07, 6.45) is 1.02. The zero-order chi connectivity index (χ0) is 16.2. The summed E-state index contributed by atoms with van der Waals surface area (Å²) in [5.74, 6) is -1.10. The number of carboxylic acids is 1. The third-order valence-electron chi connectivity index (χ3n) is 2.37. The predicted octanol–water partition coefficient (Wildman–Crippen LogP) is 2.20. The van der Waals surface area contributed by atoms with Crippen molar-refractivity contribution in [2.24, 2.45) is 11.1 Å². The molecule has 8 heteroatoms. The van der Waals surface area contributed by atoms with Crippen molar-refractivity contribution in [3.63, 3.8) is 0 Å². The Kier molecular flexibility index (Phi) is 5.74. The van der Waals surface area contributed by atoms with E-state index in [1.54, 1.807) is 0 Å². The summed E-state index contributed by atoms with van der Waals surface area (Å²) in [4.78, 5) is 16.1. The molecule has 1 aromatic rings. The summed E-state index contributed by atoms with van der Waals surface area (Å²) < 4.78 is 22.9. The number of hydrogen-bond donors (Lipinski definition) is 1. The van der Waals surface area contributed by atoms with E-state index in [0.717, 1.165) is 6.26 Å². The lowest BCUT2D eigenvalue weighted by Gasteiger charge is -2.07. The first-order valence-electron chi connectivity index (χ1n) is 6.06. The van der Waals surface area contributed by atoms with Gasteiger partial charge in [0.15, 0.2) is 15.5 Å². The summed E-state index contributed by atoms with van der Waals surface area (Å²) in [6.45, 7) is 4.06. The van der Waals surface area contributed by atoms with Gasteiger partial charge in [-0.3, -0.25) is 0 Å². The summed E-state index contributed by atoms with van der Waals surface area (Å²) in [7, 11) is -3.47. The molecular weight excluding hydrogens is 318 g/mol. The number of sulfone groups is 1. The zero-order valence-electron chi connectivity index (χ0n) is 11.8. The zero-order valence-corrected chi connectivity index (χ0v) is 13.4. The molecule has 0 amide bonds. The van der Waals surface area contributed by atoms with E-state index in [9.17, 15) is 13.2 Å². The number of hydrogen-bond acceptors (Lipinski definition) is 5. The lowest BCUT2D eigenvalue weighted by Crippen LogP contribution is -2.16. The van der Waals surface area contributed by atoms with E-state index >= 15 is 0 Å². The van der Waals surface area contributed by atoms with Gasteiger partial charge in [0.2, 0.25) is 0 Å². The number of rotatable bonds is 6. The van der Waals surface area contributed by atoms with Crippen LogP contribution in [0.3, 0.4) is 0 Å². The van der Waals surface area contributed by atoms with Crippen LogP contribution in [0.2, 0.25) is 5.02 Å². The van der Waals surface area contributed by atoms with Gasteiger partial charge in [0.05, 0.1) is 9.92 Å². The molecule has 1 rings (SSSR count). The Labute approximate surface area is 128 Å². The highest BCUT2D eigenvalue weighted by Crippen LogP contribution is 2.23. The number of halogens is 1. The van der Waals surface area contributed by atoms with E-state index in [4.69, 9.17) is 21.5 Å². The highest BCUT2D eigenvalue weighted by atomic mass is 35.5. The van der Waals surface area contributed by atoms with Crippen LogP contribution in [-0.4, -0.2) is 38.1 Å². The van der Waals surface area contributed by atoms with Crippen molar-refractivity contribution >= 4 is 33.1 Å². The standard InChI is InChI=1S/C13H16ClNO5S/c1-8(2)7-20-15-12(13(16)17)9-4-5-11(10(14)6-9)21(3,18)19/h4-6,8H,7H2,1-3H3,(H,16,17)/b15-12-. The Hall–Kier alpha value is -1.60. The smallest absolute Gasteiger partial charge is 0.358 e. The lowest BCUT2D eigenvalue weighted by atomic mass is 10.1. The molecule has 1 aromatic carbocycles. The fraction of sp³-hybridized carbons (Fsp3) is 0.385. The van der Waals surface area contributed by atoms with Crippen LogP contribution in [0.15, 0.2) is 28.3 Å². The molecule has 0 saturated heterocycles. The van der Waals surface area contributed by atoms with Gasteiger partial charge in [-0.05, 0) is 18.1 Å². The fourth-order valence-corrected chi connectivity index (χ4v) is 2.74. The first-order valence-corrected chi connectivity index (χ1v) is 8.33. The van der Waals surface area contributed by atoms with E-state index in [1.807, 2.05) is 13.8 Å². The predicted molar refractivity (Wildman–Crippen MR) is 79.5 cm³/mol. The molecule has 0 atom stereocenters. The molecule has 0 radical (unpaired) electrons. The van der Waals surface area contributed by atoms with Crippen molar-refractivity contribution in [1.82, 2.24) is 0 Å². The van der Waals surface area contributed by atoms with Crippen molar-refractivity contribution in [3.05, 3.63) is 28.8 Å². The molecule has 0 heterocycles. The largest absolute Gasteiger partial charge is 0.476 e. The number of carboxylic acid groups (broad SMARTS) is 1. The maximum absolute atomic E-state index is 11.5. The van der Waals surface area contributed by atoms with Gasteiger partial charge in [-0.1, -0.05) is 36.7 Å².